The van der Waals surface area contributed by atoms with Crippen molar-refractivity contribution >= 4 is 40.8 Å². The zero-order valence-corrected chi connectivity index (χ0v) is 45.5. The maximum absolute atomic E-state index is 13.3. The number of aliphatic hydroxyl groups excluding tert-OH is 8. The van der Waals surface area contributed by atoms with E-state index < -0.39 is 153 Å². The minimum atomic E-state index is -1.95. The summed E-state index contributed by atoms with van der Waals surface area (Å²) in [6.07, 6.45) is 4.21. The molecule has 1 aromatic rings. The van der Waals surface area contributed by atoms with E-state index in [1.165, 1.54) is 19.1 Å². The number of rotatable bonds is 10. The van der Waals surface area contributed by atoms with Gasteiger partial charge >= 0.3 is 11.9 Å². The Kier molecular flexibility index (Phi) is 30.1. The van der Waals surface area contributed by atoms with Gasteiger partial charge in [0.15, 0.2) is 12.1 Å². The van der Waals surface area contributed by atoms with E-state index in [9.17, 15) is 74.7 Å². The summed E-state index contributed by atoms with van der Waals surface area (Å²) in [5.74, 6) is -7.43. The van der Waals surface area contributed by atoms with Crippen LogP contribution < -0.4 is 11.5 Å². The predicted octanol–water partition coefficient (Wildman–Crippen LogP) is 3.61. The van der Waals surface area contributed by atoms with Gasteiger partial charge in [-0.1, -0.05) is 106 Å². The van der Waals surface area contributed by atoms with Crippen molar-refractivity contribution in [3.8, 4) is 0 Å². The minimum absolute atomic E-state index is 0.0615. The van der Waals surface area contributed by atoms with Crippen LogP contribution >= 0.6 is 0 Å². The monoisotopic (exact) mass is 1110 g/mol. The Balaban J connectivity index is 1.83. The van der Waals surface area contributed by atoms with Crippen molar-refractivity contribution in [2.45, 2.75) is 184 Å². The topological polar surface area (TPSA) is 364 Å². The molecule has 13 N–H and O–H groups in total. The van der Waals surface area contributed by atoms with Crippen molar-refractivity contribution < 1.29 is 88.9 Å². The number of hydrogen-bond acceptors (Lipinski definition) is 19. The molecule has 0 aromatic heterocycles. The van der Waals surface area contributed by atoms with E-state index in [2.05, 4.69) is 0 Å². The second-order valence-corrected chi connectivity index (χ2v) is 20.9. The van der Waals surface area contributed by atoms with Crippen LogP contribution in [0.5, 0.6) is 0 Å². The molecular weight excluding hydrogens is 1020 g/mol. The van der Waals surface area contributed by atoms with Gasteiger partial charge in [-0.25, -0.2) is 0 Å². The van der Waals surface area contributed by atoms with Gasteiger partial charge in [-0.05, 0) is 68.7 Å². The molecule has 79 heavy (non-hydrogen) atoms. The number of carboxylic acid groups (broad SMARTS) is 1. The Morgan fingerprint density at radius 1 is 0.684 bits per heavy atom. The van der Waals surface area contributed by atoms with Crippen molar-refractivity contribution in [2.24, 2.45) is 29.4 Å². The van der Waals surface area contributed by atoms with Crippen LogP contribution in [-0.2, 0) is 38.2 Å². The summed E-state index contributed by atoms with van der Waals surface area (Å²) in [5, 5.41) is 96.0. The van der Waals surface area contributed by atoms with Crippen LogP contribution in [0.1, 0.15) is 115 Å². The van der Waals surface area contributed by atoms with Crippen LogP contribution in [0.2, 0.25) is 0 Å². The highest BCUT2D eigenvalue weighted by molar-refractivity contribution is 5.97. The molecule has 0 aliphatic carbocycles. The van der Waals surface area contributed by atoms with E-state index in [1.54, 1.807) is 98.0 Å². The van der Waals surface area contributed by atoms with E-state index >= 15 is 0 Å². The molecule has 20 heteroatoms. The Hall–Kier alpha value is -5.62. The van der Waals surface area contributed by atoms with Gasteiger partial charge in [0.05, 0.1) is 61.0 Å². The molecule has 1 saturated heterocycles. The minimum Gasteiger partial charge on any atom is -0.481 e. The number of benzene rings is 1. The molecule has 0 bridgehead atoms. The fraction of sp³-hybridized carbons (Fsp3) is 0.559. The number of carboxylic acids is 1. The molecule has 17 atom stereocenters. The molecule has 0 amide bonds. The second-order valence-electron chi connectivity index (χ2n) is 20.9. The summed E-state index contributed by atoms with van der Waals surface area (Å²) in [5.41, 5.74) is 12.7. The molecule has 2 aliphatic heterocycles. The standard InChI is InChI=1S/C59H84N2O18/c1-35-18-15-13-11-9-7-5-6-8-10-12-14-16-21-47(78-59-56(74)54(61)55(73)38(4)77-59)33-51(71)53(58(75)76)50(70)31-46(67)30-45(66)29-44(65)28-43(64)27-41(62)19-17-20-42(63)32-52(72)79-57(35)37(3)26-36(2)48(68)34-49(69)39-22-24-40(60)25-23-39/h5-16,18,21-25,35-38,43-45,47-48,50-51,53-57,59,64-66,68,70-71,73-74H,17,19-20,26-34,60-61H2,1-4H3,(H,75,76)/b6-5-,9-7-,10-8-,13-11-,14-12-,18-15-,21-16-/t35-,36-,37-,38+,43-,44-,45-,47-,48-,50-,51-,53+,54-,55+,56-,57-,59-/m0/s1. The average Bonchev–Trinajstić information content (AvgIpc) is 3.36. The molecule has 0 unspecified atom stereocenters. The molecule has 0 spiro atoms. The van der Waals surface area contributed by atoms with Crippen molar-refractivity contribution in [2.75, 3.05) is 5.73 Å². The fourth-order valence-electron chi connectivity index (χ4n) is 9.37. The van der Waals surface area contributed by atoms with Crippen LogP contribution in [-0.4, -0.2) is 161 Å². The largest absolute Gasteiger partial charge is 0.481 e. The maximum atomic E-state index is 13.3. The Labute approximate surface area is 462 Å². The summed E-state index contributed by atoms with van der Waals surface area (Å²) >= 11 is 0. The first-order chi connectivity index (χ1) is 37.4. The summed E-state index contributed by atoms with van der Waals surface area (Å²) in [7, 11) is 0. The molecular formula is C59H84N2O18. The SMILES string of the molecule is C[C@H]1\C=C/C=C\C=C/C=C\C=C/C=C\C=C/[C@H](O[C@@H]2O[C@H](C)[C@@H](O)[C@H](N)[C@@H]2O)C[C@H](O)[C@H](C(=O)O)[C@@H](O)CC(=O)C[C@@H](O)C[C@@H](O)C[C@@H](O)CC(=O)CCCC(=O)CC(=O)O[C@@H]1[C@@H](C)C[C@H](C)[C@@H](O)CC(=O)c1ccc(N)cc1. The predicted molar refractivity (Wildman–Crippen MR) is 293 cm³/mol. The van der Waals surface area contributed by atoms with E-state index in [0.717, 1.165) is 0 Å². The number of Topliss-reactive ketones (excluding diaryl/α,β-unsaturated/α-hetero) is 4. The van der Waals surface area contributed by atoms with Crippen molar-refractivity contribution in [3.05, 3.63) is 115 Å². The number of cyclic esters (lactones) is 1. The van der Waals surface area contributed by atoms with Gasteiger partial charge in [0.25, 0.3) is 0 Å². The molecule has 2 heterocycles. The van der Waals surface area contributed by atoms with E-state index in [-0.39, 0.29) is 55.6 Å². The number of hydrogen-bond donors (Lipinski definition) is 11. The molecule has 438 valence electrons. The van der Waals surface area contributed by atoms with Gasteiger partial charge in [-0.15, -0.1) is 0 Å². The number of anilines is 1. The van der Waals surface area contributed by atoms with E-state index in [0.29, 0.717) is 17.7 Å². The first kappa shape index (κ1) is 67.7. The lowest BCUT2D eigenvalue weighted by molar-refractivity contribution is -0.277. The van der Waals surface area contributed by atoms with Crippen molar-refractivity contribution in [1.82, 2.24) is 0 Å². The molecule has 1 aromatic carbocycles. The summed E-state index contributed by atoms with van der Waals surface area (Å²) in [6, 6.07) is 5.24. The average molecular weight is 1110 g/mol. The molecule has 1 fully saturated rings. The lowest BCUT2D eigenvalue weighted by Crippen LogP contribution is -2.61. The molecule has 0 saturated carbocycles. The van der Waals surface area contributed by atoms with Gasteiger partial charge in [-0.2, -0.15) is 0 Å². The van der Waals surface area contributed by atoms with Gasteiger partial charge in [0.2, 0.25) is 0 Å². The van der Waals surface area contributed by atoms with Gasteiger partial charge in [0, 0.05) is 62.1 Å². The second kappa shape index (κ2) is 35.2. The number of allylic oxidation sites excluding steroid dienone is 12. The van der Waals surface area contributed by atoms with Crippen LogP contribution in [0.25, 0.3) is 0 Å². The van der Waals surface area contributed by atoms with Crippen LogP contribution in [0.3, 0.4) is 0 Å². The quantitative estimate of drug-likeness (QED) is 0.0690. The molecule has 2 aliphatic rings. The Morgan fingerprint density at radius 2 is 1.22 bits per heavy atom. The number of carbonyl (C=O) groups is 6. The Morgan fingerprint density at radius 3 is 1.78 bits per heavy atom. The number of ketones is 4. The van der Waals surface area contributed by atoms with Gasteiger partial charge < -0.3 is 71.6 Å². The summed E-state index contributed by atoms with van der Waals surface area (Å²) in [6.45, 7) is 7.02. The number of aliphatic hydroxyl groups is 8. The molecule has 0 radical (unpaired) electrons. The van der Waals surface area contributed by atoms with Gasteiger partial charge in [-0.3, -0.25) is 28.8 Å². The first-order valence-corrected chi connectivity index (χ1v) is 26.9. The van der Waals surface area contributed by atoms with Crippen LogP contribution in [0.15, 0.2) is 109 Å². The Bertz CT molecular complexity index is 2310. The third-order valence-electron chi connectivity index (χ3n) is 13.8. The highest BCUT2D eigenvalue weighted by Gasteiger charge is 2.43. The highest BCUT2D eigenvalue weighted by Crippen LogP contribution is 2.29. The zero-order chi connectivity index (χ0) is 58.8. The normalized spacial score (nSPS) is 34.7. The number of nitrogen functional groups attached to an aromatic ring is 1. The fourth-order valence-corrected chi connectivity index (χ4v) is 9.37. The van der Waals surface area contributed by atoms with Crippen molar-refractivity contribution in [3.63, 3.8) is 0 Å². The number of nitrogens with two attached hydrogens (primary N) is 2. The van der Waals surface area contributed by atoms with Crippen molar-refractivity contribution in [1.29, 1.82) is 0 Å². The smallest absolute Gasteiger partial charge is 0.313 e. The number of esters is 1. The van der Waals surface area contributed by atoms with Gasteiger partial charge in [0.1, 0.15) is 41.9 Å². The van der Waals surface area contributed by atoms with Crippen LogP contribution in [0.4, 0.5) is 5.69 Å². The molecule has 3 rings (SSSR count). The number of aliphatic carboxylic acids is 1. The summed E-state index contributed by atoms with van der Waals surface area (Å²) < 4.78 is 17.5. The summed E-state index contributed by atoms with van der Waals surface area (Å²) in [4.78, 5) is 77.3. The van der Waals surface area contributed by atoms with E-state index in [1.807, 2.05) is 19.9 Å². The zero-order valence-electron chi connectivity index (χ0n) is 45.5. The first-order valence-electron chi connectivity index (χ1n) is 26.9. The lowest BCUT2D eigenvalue weighted by Gasteiger charge is -2.41. The third-order valence-corrected chi connectivity index (χ3v) is 13.8. The lowest BCUT2D eigenvalue weighted by atomic mass is 9.83. The van der Waals surface area contributed by atoms with E-state index in [4.69, 9.17) is 25.7 Å². The highest BCUT2D eigenvalue weighted by atomic mass is 16.7. The molecule has 20 nitrogen and oxygen atoms in total. The number of carbonyl (C=O) groups excluding carboxylic acids is 5. The third kappa shape index (κ3) is 25.2. The van der Waals surface area contributed by atoms with Crippen LogP contribution in [0, 0.1) is 23.7 Å². The maximum Gasteiger partial charge on any atom is 0.313 e. The number of ether oxygens (including phenoxy) is 3.